The molecule has 369 valence electrons. The van der Waals surface area contributed by atoms with Crippen molar-refractivity contribution < 1.29 is 179 Å². The molecular formula is C11H31Al2O40S8. The molecule has 5 radical (unpaired) electrons. The maximum absolute atomic E-state index is 11.8. The first-order valence-electron chi connectivity index (χ1n) is 11.9. The van der Waals surface area contributed by atoms with Gasteiger partial charge >= 0.3 is 83.2 Å². The van der Waals surface area contributed by atoms with E-state index in [4.69, 9.17) is 27.9 Å². The highest BCUT2D eigenvalue weighted by molar-refractivity contribution is 7.82. The van der Waals surface area contributed by atoms with Gasteiger partial charge in [-0.3, -0.25) is 36.4 Å². The molecule has 0 aromatic heterocycles. The zero-order valence-corrected chi connectivity index (χ0v) is 37.3. The molecule has 0 unspecified atom stereocenters. The first-order valence-corrected chi connectivity index (χ1v) is 22.8. The lowest BCUT2D eigenvalue weighted by Gasteiger charge is -2.45. The van der Waals surface area contributed by atoms with Crippen molar-refractivity contribution in [2.45, 2.75) is 55.0 Å². The summed E-state index contributed by atoms with van der Waals surface area (Å²) in [5.41, 5.74) is 0. The van der Waals surface area contributed by atoms with E-state index < -0.39 is 151 Å². The summed E-state index contributed by atoms with van der Waals surface area (Å²) in [7, 11) is -48.9. The number of rotatable bonds is 20. The van der Waals surface area contributed by atoms with Gasteiger partial charge in [0.05, 0.1) is 24.0 Å². The van der Waals surface area contributed by atoms with Crippen LogP contribution in [-0.4, -0.2) is 234 Å². The molecule has 2 heterocycles. The van der Waals surface area contributed by atoms with Crippen molar-refractivity contribution in [1.29, 1.82) is 0 Å². The van der Waals surface area contributed by atoms with E-state index in [9.17, 15) is 90.1 Å². The smallest absolute Gasteiger partial charge is 0.399 e. The minimum Gasteiger partial charge on any atom is -0.412 e. The van der Waals surface area contributed by atoms with E-state index in [-0.39, 0.29) is 62.1 Å². The van der Waals surface area contributed by atoms with Crippen LogP contribution in [0.4, 0.5) is 0 Å². The molecule has 0 aliphatic carbocycles. The highest BCUT2D eigenvalue weighted by Gasteiger charge is 2.66. The summed E-state index contributed by atoms with van der Waals surface area (Å²) in [5.74, 6) is -4.27. The molecule has 2 aliphatic rings. The largest absolute Gasteiger partial charge is 0.412 e. The van der Waals surface area contributed by atoms with Crippen LogP contribution in [0.15, 0.2) is 0 Å². The topological polar surface area (TPSA) is 694 Å². The maximum atomic E-state index is 11.8. The molecule has 2 rings (SSSR count). The fourth-order valence-corrected chi connectivity index (χ4v) is 7.52. The minimum atomic E-state index is -6.30. The SMILES string of the molecule is O.O.O.O.O.O=S(=O)(O)OC[C@H]1O[C@@H](O[C@]2(COS(=O)(=O)O)O[C@H](OS(=O)(=O)O)[C@@H](OS(=O)(=O)O)[C@@H]2OS(=O)(=O)O)[C@H](OS(=O)(=O)O)[C@@H](OS(=O)(=O)O)[C@@H]1OS(=O)(=O)O.[AlH].[Al]. The van der Waals surface area contributed by atoms with Crippen molar-refractivity contribution in [1.82, 2.24) is 0 Å². The summed E-state index contributed by atoms with van der Waals surface area (Å²) in [6.07, 6.45) is -27.2. The molecule has 0 amide bonds. The van der Waals surface area contributed by atoms with Crippen molar-refractivity contribution >= 4 is 118 Å². The van der Waals surface area contributed by atoms with Crippen LogP contribution >= 0.6 is 0 Å². The van der Waals surface area contributed by atoms with Gasteiger partial charge in [-0.15, -0.1) is 0 Å². The van der Waals surface area contributed by atoms with E-state index in [1.807, 2.05) is 0 Å². The van der Waals surface area contributed by atoms with Crippen molar-refractivity contribution in [3.05, 3.63) is 0 Å². The van der Waals surface area contributed by atoms with Crippen LogP contribution in [0.25, 0.3) is 0 Å². The maximum Gasteiger partial charge on any atom is 0.399 e. The van der Waals surface area contributed by atoms with Gasteiger partial charge in [0.1, 0.15) is 24.9 Å². The van der Waals surface area contributed by atoms with Crippen molar-refractivity contribution in [3.8, 4) is 0 Å². The van der Waals surface area contributed by atoms with Gasteiger partial charge in [-0.25, -0.2) is 33.5 Å². The van der Waals surface area contributed by atoms with Crippen LogP contribution < -0.4 is 0 Å². The second-order valence-electron chi connectivity index (χ2n) is 9.28. The molecule has 2 fully saturated rings. The molecule has 2 saturated heterocycles. The third kappa shape index (κ3) is 26.4. The molecule has 18 N–H and O–H groups in total. The third-order valence-electron chi connectivity index (χ3n) is 5.39. The molecule has 2 aliphatic heterocycles. The predicted octanol–water partition coefficient (Wildman–Crippen LogP) is -12.0. The number of hydrogen-bond donors (Lipinski definition) is 8. The van der Waals surface area contributed by atoms with E-state index in [0.29, 0.717) is 0 Å². The van der Waals surface area contributed by atoms with Gasteiger partial charge in [0.25, 0.3) is 0 Å². The average Bonchev–Trinajstić information content (AvgIpc) is 3.10. The summed E-state index contributed by atoms with van der Waals surface area (Å²) in [5, 5.41) is 0. The zero-order valence-electron chi connectivity index (χ0n) is 28.2. The molecule has 40 nitrogen and oxygen atoms in total. The summed E-state index contributed by atoms with van der Waals surface area (Å²) < 4.78 is 306. The van der Waals surface area contributed by atoms with E-state index in [2.05, 4.69) is 33.5 Å². The molecule has 0 spiro atoms. The number of ether oxygens (including phenoxy) is 3. The Morgan fingerprint density at radius 2 is 0.770 bits per heavy atom. The Morgan fingerprint density at radius 1 is 0.426 bits per heavy atom. The van der Waals surface area contributed by atoms with Gasteiger partial charge in [-0.1, -0.05) is 0 Å². The van der Waals surface area contributed by atoms with Crippen LogP contribution in [-0.2, 0) is 131 Å². The van der Waals surface area contributed by atoms with Crippen molar-refractivity contribution in [3.63, 3.8) is 0 Å². The standard InChI is InChI=1S/C11H20O35S8.2Al.5H2O.H/c12-47(13,14)36-1-3-4(41-49(18,19)20)5(42-50(21,22)23)6(43-51(24,25)26)9(38-3)39-11(2-37-48(15,16)17)8(45-53(30,31)32)7(44-52(27,28)29)10(40-11)46-54(33,34)35;;;;;;;;/h3-10H,1-2H2,(H,12,13,14)(H,15,16,17)(H,18,19,20)(H,21,22,23)(H,24,25,26)(H,27,28,29)(H,30,31,32)(H,33,34,35);;;5*1H2;/t3-,4-,5+,6-,7+,8+,9+,10-,11-;;;;;;;;/m1......../s1. The van der Waals surface area contributed by atoms with Crippen molar-refractivity contribution in [2.24, 2.45) is 0 Å². The van der Waals surface area contributed by atoms with Crippen LogP contribution in [0.5, 0.6) is 0 Å². The minimum absolute atomic E-state index is 0. The normalized spacial score (nSPS) is 27.5. The zero-order chi connectivity index (χ0) is 42.3. The van der Waals surface area contributed by atoms with Crippen LogP contribution in [0.3, 0.4) is 0 Å². The summed E-state index contributed by atoms with van der Waals surface area (Å²) in [4.78, 5) is 0. The molecule has 9 atom stereocenters. The summed E-state index contributed by atoms with van der Waals surface area (Å²) in [6, 6.07) is 0. The molecule has 0 bridgehead atoms. The Kier molecular flexibility index (Phi) is 29.6. The Bertz CT molecular complexity index is 2270. The second-order valence-corrected chi connectivity index (χ2v) is 17.8. The molecular weight excluding hydrogens is 1080 g/mol. The van der Waals surface area contributed by atoms with E-state index in [1.54, 1.807) is 0 Å². The van der Waals surface area contributed by atoms with Gasteiger partial charge in [-0.05, 0) is 0 Å². The van der Waals surface area contributed by atoms with E-state index in [0.717, 1.165) is 0 Å². The first-order chi connectivity index (χ1) is 23.7. The Morgan fingerprint density at radius 3 is 1.13 bits per heavy atom. The van der Waals surface area contributed by atoms with Gasteiger partial charge in [0.2, 0.25) is 12.1 Å². The molecule has 0 aromatic rings. The van der Waals surface area contributed by atoms with Gasteiger partial charge in [0.15, 0.2) is 24.6 Å². The van der Waals surface area contributed by atoms with E-state index >= 15 is 0 Å². The number of hydrogen-bond acceptors (Lipinski definition) is 27. The third-order valence-corrected chi connectivity index (χ3v) is 8.98. The Hall–Kier alpha value is -0.295. The quantitative estimate of drug-likeness (QED) is 0.0414. The lowest BCUT2D eigenvalue weighted by molar-refractivity contribution is -0.379. The summed E-state index contributed by atoms with van der Waals surface area (Å²) >= 11 is 0. The first kappa shape index (κ1) is 72.3. The molecule has 61 heavy (non-hydrogen) atoms. The fraction of sp³-hybridized carbons (Fsp3) is 1.00. The Labute approximate surface area is 362 Å². The summed E-state index contributed by atoms with van der Waals surface area (Å²) in [6.45, 7) is -4.45. The van der Waals surface area contributed by atoms with E-state index in [1.165, 1.54) is 0 Å². The van der Waals surface area contributed by atoms with Crippen LogP contribution in [0, 0.1) is 0 Å². The molecule has 0 aromatic carbocycles. The highest BCUT2D eigenvalue weighted by Crippen LogP contribution is 2.43. The van der Waals surface area contributed by atoms with Gasteiger partial charge in [0, 0.05) is 17.4 Å². The Balaban J connectivity index is -0.00000108. The van der Waals surface area contributed by atoms with Gasteiger partial charge in [-0.2, -0.15) is 67.3 Å². The van der Waals surface area contributed by atoms with Crippen molar-refractivity contribution in [2.75, 3.05) is 13.2 Å². The van der Waals surface area contributed by atoms with Crippen LogP contribution in [0.1, 0.15) is 0 Å². The van der Waals surface area contributed by atoms with Gasteiger partial charge < -0.3 is 41.6 Å². The lowest BCUT2D eigenvalue weighted by Crippen LogP contribution is -2.65. The lowest BCUT2D eigenvalue weighted by atomic mass is 9.99. The monoisotopic (exact) mass is 1110 g/mol. The fourth-order valence-electron chi connectivity index (χ4n) is 4.02. The molecule has 50 heteroatoms. The molecule has 0 saturated carbocycles. The van der Waals surface area contributed by atoms with Crippen LogP contribution in [0.2, 0.25) is 0 Å². The average molecular weight is 1110 g/mol. The predicted molar refractivity (Wildman–Crippen MR) is 178 cm³/mol. The second kappa shape index (κ2) is 25.0. The highest BCUT2D eigenvalue weighted by atomic mass is 32.3.